The molecule has 0 fully saturated rings. The van der Waals surface area contributed by atoms with Crippen molar-refractivity contribution in [1.82, 2.24) is 10.3 Å². The van der Waals surface area contributed by atoms with E-state index in [4.69, 9.17) is 0 Å². The molecule has 0 atom stereocenters. The minimum Gasteiger partial charge on any atom is -0.334 e. The minimum atomic E-state index is -3.48. The number of nitrogens with zero attached hydrogens (tertiary/aromatic N) is 1. The third-order valence-electron chi connectivity index (χ3n) is 3.49. The lowest BCUT2D eigenvalue weighted by Crippen LogP contribution is -2.29. The fraction of sp³-hybridized carbons (Fsp3) is 0.294. The monoisotopic (exact) mass is 347 g/mol. The van der Waals surface area contributed by atoms with Crippen LogP contribution >= 0.6 is 0 Å². The summed E-state index contributed by atoms with van der Waals surface area (Å²) in [4.78, 5) is 16.3. The molecule has 1 aromatic carbocycles. The maximum atomic E-state index is 12.4. The van der Waals surface area contributed by atoms with Crippen molar-refractivity contribution in [1.29, 1.82) is 0 Å². The van der Waals surface area contributed by atoms with Gasteiger partial charge in [0.25, 0.3) is 0 Å². The molecule has 0 radical (unpaired) electrons. The van der Waals surface area contributed by atoms with Crippen LogP contribution in [-0.4, -0.2) is 24.7 Å². The third-order valence-corrected chi connectivity index (χ3v) is 5.70. The number of carbonyl (C=O) groups excluding carboxylic acids is 1. The molecule has 0 saturated carbocycles. The lowest BCUT2D eigenvalue weighted by molar-refractivity contribution is 0.251. The Balaban J connectivity index is 2.08. The first-order valence-corrected chi connectivity index (χ1v) is 9.14. The van der Waals surface area contributed by atoms with Crippen LogP contribution in [0.25, 0.3) is 0 Å². The number of sulfone groups is 1. The molecule has 6 nitrogen and oxygen atoms in total. The molecule has 0 aliphatic heterocycles. The van der Waals surface area contributed by atoms with Crippen molar-refractivity contribution >= 4 is 21.6 Å². The molecule has 1 heterocycles. The van der Waals surface area contributed by atoms with Crippen molar-refractivity contribution in [3.63, 3.8) is 0 Å². The van der Waals surface area contributed by atoms with E-state index in [1.54, 1.807) is 38.2 Å². The van der Waals surface area contributed by atoms with Gasteiger partial charge in [0.05, 0.1) is 15.8 Å². The number of nitrogens with one attached hydrogen (secondary N) is 2. The number of hydrogen-bond acceptors (Lipinski definition) is 4. The standard InChI is InChI=1S/C17H21N3O3S/c1-12(2)24(22,23)16-7-5-4-6-15(16)20-17(21)19-11-14-9-8-13(3)18-10-14/h4-10,12H,11H2,1-3H3,(H2,19,20,21). The molecule has 0 spiro atoms. The molecule has 128 valence electrons. The highest BCUT2D eigenvalue weighted by Gasteiger charge is 2.23. The SMILES string of the molecule is Cc1ccc(CNC(=O)Nc2ccccc2S(=O)(=O)C(C)C)cn1. The molecule has 2 N–H and O–H groups in total. The van der Waals surface area contributed by atoms with Gasteiger partial charge in [0.1, 0.15) is 0 Å². The van der Waals surface area contributed by atoms with Gasteiger partial charge in [0.15, 0.2) is 9.84 Å². The van der Waals surface area contributed by atoms with Crippen molar-refractivity contribution in [2.75, 3.05) is 5.32 Å². The Morgan fingerprint density at radius 2 is 1.88 bits per heavy atom. The summed E-state index contributed by atoms with van der Waals surface area (Å²) in [5.74, 6) is 0. The lowest BCUT2D eigenvalue weighted by atomic mass is 10.2. The molecule has 24 heavy (non-hydrogen) atoms. The summed E-state index contributed by atoms with van der Waals surface area (Å²) < 4.78 is 24.7. The van der Waals surface area contributed by atoms with Crippen LogP contribution < -0.4 is 10.6 Å². The van der Waals surface area contributed by atoms with Crippen LogP contribution in [0, 0.1) is 6.92 Å². The number of para-hydroxylation sites is 1. The summed E-state index contributed by atoms with van der Waals surface area (Å²) in [5, 5.41) is 4.73. The van der Waals surface area contributed by atoms with Gasteiger partial charge in [-0.2, -0.15) is 0 Å². The van der Waals surface area contributed by atoms with Crippen LogP contribution in [0.15, 0.2) is 47.5 Å². The maximum Gasteiger partial charge on any atom is 0.319 e. The molecule has 7 heteroatoms. The number of amides is 2. The van der Waals surface area contributed by atoms with E-state index in [1.807, 2.05) is 19.1 Å². The van der Waals surface area contributed by atoms with Crippen molar-refractivity contribution in [2.24, 2.45) is 0 Å². The van der Waals surface area contributed by atoms with Crippen LogP contribution in [0.3, 0.4) is 0 Å². The first kappa shape index (κ1) is 17.9. The summed E-state index contributed by atoms with van der Waals surface area (Å²) >= 11 is 0. The molecule has 2 amide bonds. The summed E-state index contributed by atoms with van der Waals surface area (Å²) in [6.07, 6.45) is 1.69. The highest BCUT2D eigenvalue weighted by Crippen LogP contribution is 2.24. The molecule has 0 aliphatic carbocycles. The fourth-order valence-corrected chi connectivity index (χ4v) is 3.23. The number of pyridine rings is 1. The van der Waals surface area contributed by atoms with E-state index in [9.17, 15) is 13.2 Å². The Morgan fingerprint density at radius 3 is 2.50 bits per heavy atom. The lowest BCUT2D eigenvalue weighted by Gasteiger charge is -2.14. The Kier molecular flexibility index (Phi) is 5.56. The molecule has 1 aromatic heterocycles. The molecular weight excluding hydrogens is 326 g/mol. The van der Waals surface area contributed by atoms with Gasteiger partial charge >= 0.3 is 6.03 Å². The van der Waals surface area contributed by atoms with Crippen LogP contribution in [-0.2, 0) is 16.4 Å². The zero-order valence-corrected chi connectivity index (χ0v) is 14.7. The smallest absolute Gasteiger partial charge is 0.319 e. The van der Waals surface area contributed by atoms with Crippen LogP contribution in [0.5, 0.6) is 0 Å². The third kappa shape index (κ3) is 4.32. The number of urea groups is 1. The summed E-state index contributed by atoms with van der Waals surface area (Å²) in [7, 11) is -3.48. The second kappa shape index (κ2) is 7.44. The maximum absolute atomic E-state index is 12.4. The molecular formula is C17H21N3O3S. The first-order valence-electron chi connectivity index (χ1n) is 7.60. The predicted molar refractivity (Wildman–Crippen MR) is 93.6 cm³/mol. The number of carbonyl (C=O) groups is 1. The van der Waals surface area contributed by atoms with E-state index < -0.39 is 21.1 Å². The van der Waals surface area contributed by atoms with E-state index >= 15 is 0 Å². The molecule has 2 rings (SSSR count). The van der Waals surface area contributed by atoms with Gasteiger partial charge in [-0.1, -0.05) is 18.2 Å². The Morgan fingerprint density at radius 1 is 1.17 bits per heavy atom. The largest absolute Gasteiger partial charge is 0.334 e. The van der Waals surface area contributed by atoms with Crippen molar-refractivity contribution in [3.05, 3.63) is 53.9 Å². The Hall–Kier alpha value is -2.41. The quantitative estimate of drug-likeness (QED) is 0.870. The summed E-state index contributed by atoms with van der Waals surface area (Å²) in [5.41, 5.74) is 2.03. The normalized spacial score (nSPS) is 11.3. The fourth-order valence-electron chi connectivity index (χ4n) is 2.02. The topological polar surface area (TPSA) is 88.2 Å². The van der Waals surface area contributed by atoms with Crippen molar-refractivity contribution < 1.29 is 13.2 Å². The van der Waals surface area contributed by atoms with E-state index in [1.165, 1.54) is 6.07 Å². The van der Waals surface area contributed by atoms with Crippen LogP contribution in [0.4, 0.5) is 10.5 Å². The number of benzene rings is 1. The van der Waals surface area contributed by atoms with Gasteiger partial charge in [-0.3, -0.25) is 4.98 Å². The molecule has 0 unspecified atom stereocenters. The van der Waals surface area contributed by atoms with E-state index in [0.29, 0.717) is 6.54 Å². The van der Waals surface area contributed by atoms with Crippen LogP contribution in [0.1, 0.15) is 25.1 Å². The van der Waals surface area contributed by atoms with Gasteiger partial charge in [0.2, 0.25) is 0 Å². The van der Waals surface area contributed by atoms with E-state index in [2.05, 4.69) is 15.6 Å². The zero-order chi connectivity index (χ0) is 17.7. The van der Waals surface area contributed by atoms with Gasteiger partial charge in [-0.25, -0.2) is 13.2 Å². The Labute approximate surface area is 142 Å². The number of hydrogen-bond donors (Lipinski definition) is 2. The number of aromatic nitrogens is 1. The average molecular weight is 347 g/mol. The zero-order valence-electron chi connectivity index (χ0n) is 13.9. The first-order chi connectivity index (χ1) is 11.3. The second-order valence-electron chi connectivity index (χ2n) is 5.71. The van der Waals surface area contributed by atoms with E-state index in [-0.39, 0.29) is 10.6 Å². The van der Waals surface area contributed by atoms with Crippen LogP contribution in [0.2, 0.25) is 0 Å². The van der Waals surface area contributed by atoms with Gasteiger partial charge < -0.3 is 10.6 Å². The number of rotatable bonds is 5. The molecule has 0 aliphatic rings. The Bertz CT molecular complexity index is 815. The molecule has 0 saturated heterocycles. The summed E-state index contributed by atoms with van der Waals surface area (Å²) in [6, 6.07) is 9.65. The highest BCUT2D eigenvalue weighted by atomic mass is 32.2. The van der Waals surface area contributed by atoms with Crippen molar-refractivity contribution in [2.45, 2.75) is 37.5 Å². The predicted octanol–water partition coefficient (Wildman–Crippen LogP) is 2.89. The highest BCUT2D eigenvalue weighted by molar-refractivity contribution is 7.92. The van der Waals surface area contributed by atoms with E-state index in [0.717, 1.165) is 11.3 Å². The number of aryl methyl sites for hydroxylation is 1. The minimum absolute atomic E-state index is 0.118. The van der Waals surface area contributed by atoms with Crippen molar-refractivity contribution in [3.8, 4) is 0 Å². The second-order valence-corrected chi connectivity index (χ2v) is 8.18. The average Bonchev–Trinajstić information content (AvgIpc) is 2.54. The van der Waals surface area contributed by atoms with Gasteiger partial charge in [-0.15, -0.1) is 0 Å². The number of anilines is 1. The van der Waals surface area contributed by atoms with Gasteiger partial charge in [-0.05, 0) is 44.5 Å². The van der Waals surface area contributed by atoms with Gasteiger partial charge in [0, 0.05) is 18.4 Å². The molecule has 0 bridgehead atoms. The summed E-state index contributed by atoms with van der Waals surface area (Å²) in [6.45, 7) is 5.40. The molecule has 2 aromatic rings.